The van der Waals surface area contributed by atoms with E-state index >= 15 is 0 Å². The SMILES string of the molecule is CCn1nc(CC(C)C)cc1C(=O)N1CCN(CC2CCCO2)CC1. The summed E-state index contributed by atoms with van der Waals surface area (Å²) in [6.07, 6.45) is 3.67. The first kappa shape index (κ1) is 18.4. The van der Waals surface area contributed by atoms with Crippen LogP contribution in [0.5, 0.6) is 0 Å². The van der Waals surface area contributed by atoms with Crippen molar-refractivity contribution in [1.29, 1.82) is 0 Å². The molecule has 0 aliphatic carbocycles. The number of piperazine rings is 1. The van der Waals surface area contributed by atoms with Crippen molar-refractivity contribution in [2.75, 3.05) is 39.3 Å². The van der Waals surface area contributed by atoms with E-state index in [0.29, 0.717) is 12.0 Å². The third kappa shape index (κ3) is 4.61. The molecular weight excluding hydrogens is 316 g/mol. The van der Waals surface area contributed by atoms with Gasteiger partial charge in [0.25, 0.3) is 5.91 Å². The highest BCUT2D eigenvalue weighted by molar-refractivity contribution is 5.92. The zero-order chi connectivity index (χ0) is 17.8. The molecule has 3 heterocycles. The van der Waals surface area contributed by atoms with Crippen LogP contribution in [-0.2, 0) is 17.7 Å². The molecule has 0 bridgehead atoms. The largest absolute Gasteiger partial charge is 0.377 e. The van der Waals surface area contributed by atoms with Gasteiger partial charge in [0, 0.05) is 45.9 Å². The number of aromatic nitrogens is 2. The summed E-state index contributed by atoms with van der Waals surface area (Å²) in [5.74, 6) is 0.672. The molecule has 1 aromatic heterocycles. The lowest BCUT2D eigenvalue weighted by Crippen LogP contribution is -2.50. The molecule has 0 saturated carbocycles. The van der Waals surface area contributed by atoms with Gasteiger partial charge in [-0.2, -0.15) is 5.10 Å². The van der Waals surface area contributed by atoms with Crippen LogP contribution >= 0.6 is 0 Å². The smallest absolute Gasteiger partial charge is 0.272 e. The highest BCUT2D eigenvalue weighted by atomic mass is 16.5. The molecule has 2 fully saturated rings. The lowest BCUT2D eigenvalue weighted by atomic mass is 10.1. The Morgan fingerprint density at radius 1 is 1.32 bits per heavy atom. The number of aryl methyl sites for hydroxylation is 1. The van der Waals surface area contributed by atoms with Gasteiger partial charge >= 0.3 is 0 Å². The number of hydrogen-bond donors (Lipinski definition) is 0. The molecule has 1 aromatic rings. The summed E-state index contributed by atoms with van der Waals surface area (Å²) in [4.78, 5) is 17.4. The Morgan fingerprint density at radius 2 is 2.08 bits per heavy atom. The fourth-order valence-corrected chi connectivity index (χ4v) is 3.77. The quantitative estimate of drug-likeness (QED) is 0.789. The predicted molar refractivity (Wildman–Crippen MR) is 97.8 cm³/mol. The third-order valence-electron chi connectivity index (χ3n) is 5.11. The van der Waals surface area contributed by atoms with Gasteiger partial charge in [-0.3, -0.25) is 14.4 Å². The van der Waals surface area contributed by atoms with Crippen LogP contribution in [-0.4, -0.2) is 70.9 Å². The topological polar surface area (TPSA) is 50.6 Å². The minimum atomic E-state index is 0.126. The molecule has 2 aliphatic rings. The van der Waals surface area contributed by atoms with Gasteiger partial charge in [0.1, 0.15) is 5.69 Å². The molecule has 1 atom stereocenters. The van der Waals surface area contributed by atoms with Crippen molar-refractivity contribution in [2.45, 2.75) is 52.7 Å². The van der Waals surface area contributed by atoms with E-state index in [9.17, 15) is 4.79 Å². The Balaban J connectivity index is 1.57. The van der Waals surface area contributed by atoms with Gasteiger partial charge in [-0.1, -0.05) is 13.8 Å². The van der Waals surface area contributed by atoms with E-state index in [1.807, 2.05) is 22.6 Å². The number of nitrogens with zero attached hydrogens (tertiary/aromatic N) is 4. The van der Waals surface area contributed by atoms with E-state index in [4.69, 9.17) is 4.74 Å². The van der Waals surface area contributed by atoms with Crippen LogP contribution < -0.4 is 0 Å². The van der Waals surface area contributed by atoms with Gasteiger partial charge in [0.2, 0.25) is 0 Å². The second-order valence-electron chi connectivity index (χ2n) is 7.66. The van der Waals surface area contributed by atoms with Crippen molar-refractivity contribution in [1.82, 2.24) is 19.6 Å². The Morgan fingerprint density at radius 3 is 2.68 bits per heavy atom. The first-order valence-electron chi connectivity index (χ1n) is 9.76. The molecule has 6 heteroatoms. The van der Waals surface area contributed by atoms with Crippen LogP contribution in [0.1, 0.15) is 49.8 Å². The van der Waals surface area contributed by atoms with Crippen molar-refractivity contribution in [3.63, 3.8) is 0 Å². The van der Waals surface area contributed by atoms with E-state index in [-0.39, 0.29) is 5.91 Å². The Hall–Kier alpha value is -1.40. The van der Waals surface area contributed by atoms with Crippen molar-refractivity contribution in [3.8, 4) is 0 Å². The average Bonchev–Trinajstić information content (AvgIpc) is 3.24. The first-order valence-corrected chi connectivity index (χ1v) is 9.76. The maximum Gasteiger partial charge on any atom is 0.272 e. The molecule has 6 nitrogen and oxygen atoms in total. The molecule has 0 N–H and O–H groups in total. The van der Waals surface area contributed by atoms with E-state index in [0.717, 1.165) is 63.7 Å². The second-order valence-corrected chi connectivity index (χ2v) is 7.66. The standard InChI is InChI=1S/C19H32N4O2/c1-4-23-18(13-16(20-23)12-15(2)3)19(24)22-9-7-21(8-10-22)14-17-6-5-11-25-17/h13,15,17H,4-12,14H2,1-3H3. The number of hydrogen-bond acceptors (Lipinski definition) is 4. The zero-order valence-corrected chi connectivity index (χ0v) is 15.9. The minimum absolute atomic E-state index is 0.126. The van der Waals surface area contributed by atoms with Crippen molar-refractivity contribution in [3.05, 3.63) is 17.5 Å². The van der Waals surface area contributed by atoms with E-state index in [1.165, 1.54) is 12.8 Å². The van der Waals surface area contributed by atoms with Gasteiger partial charge in [-0.25, -0.2) is 0 Å². The molecule has 140 valence electrons. The average molecular weight is 348 g/mol. The van der Waals surface area contributed by atoms with Gasteiger partial charge in [0.15, 0.2) is 0 Å². The van der Waals surface area contributed by atoms with Crippen LogP contribution in [0.15, 0.2) is 6.07 Å². The molecule has 3 rings (SSSR count). The highest BCUT2D eigenvalue weighted by Crippen LogP contribution is 2.16. The maximum atomic E-state index is 13.0. The lowest BCUT2D eigenvalue weighted by molar-refractivity contribution is 0.0426. The van der Waals surface area contributed by atoms with Gasteiger partial charge in [0.05, 0.1) is 11.8 Å². The van der Waals surface area contributed by atoms with Crippen molar-refractivity contribution < 1.29 is 9.53 Å². The summed E-state index contributed by atoms with van der Waals surface area (Å²) in [5.41, 5.74) is 1.77. The summed E-state index contributed by atoms with van der Waals surface area (Å²) in [7, 11) is 0. The van der Waals surface area contributed by atoms with E-state index in [1.54, 1.807) is 0 Å². The summed E-state index contributed by atoms with van der Waals surface area (Å²) in [6.45, 7) is 12.5. The van der Waals surface area contributed by atoms with Gasteiger partial charge in [-0.05, 0) is 38.2 Å². The number of rotatable bonds is 6. The minimum Gasteiger partial charge on any atom is -0.377 e. The number of amides is 1. The van der Waals surface area contributed by atoms with Crippen LogP contribution in [0, 0.1) is 5.92 Å². The summed E-state index contributed by atoms with van der Waals surface area (Å²) in [5, 5.41) is 4.61. The predicted octanol–water partition coefficient (Wildman–Crippen LogP) is 2.04. The molecule has 1 amide bonds. The van der Waals surface area contributed by atoms with Crippen molar-refractivity contribution in [2.24, 2.45) is 5.92 Å². The van der Waals surface area contributed by atoms with Crippen molar-refractivity contribution >= 4 is 5.91 Å². The van der Waals surface area contributed by atoms with Crippen LogP contribution in [0.4, 0.5) is 0 Å². The second kappa shape index (κ2) is 8.32. The number of carbonyl (C=O) groups is 1. The molecule has 2 aliphatic heterocycles. The molecule has 2 saturated heterocycles. The molecular formula is C19H32N4O2. The number of carbonyl (C=O) groups excluding carboxylic acids is 1. The molecule has 0 radical (unpaired) electrons. The van der Waals surface area contributed by atoms with Gasteiger partial charge in [-0.15, -0.1) is 0 Å². The lowest BCUT2D eigenvalue weighted by Gasteiger charge is -2.35. The summed E-state index contributed by atoms with van der Waals surface area (Å²) in [6, 6.07) is 1.99. The Labute approximate surface area is 151 Å². The van der Waals surface area contributed by atoms with Crippen LogP contribution in [0.25, 0.3) is 0 Å². The highest BCUT2D eigenvalue weighted by Gasteiger charge is 2.27. The Bertz CT molecular complexity index is 570. The summed E-state index contributed by atoms with van der Waals surface area (Å²) >= 11 is 0. The molecule has 0 aromatic carbocycles. The fraction of sp³-hybridized carbons (Fsp3) is 0.789. The summed E-state index contributed by atoms with van der Waals surface area (Å²) < 4.78 is 7.59. The monoisotopic (exact) mass is 348 g/mol. The van der Waals surface area contributed by atoms with E-state index < -0.39 is 0 Å². The fourth-order valence-electron chi connectivity index (χ4n) is 3.77. The van der Waals surface area contributed by atoms with Crippen LogP contribution in [0.2, 0.25) is 0 Å². The molecule has 25 heavy (non-hydrogen) atoms. The van der Waals surface area contributed by atoms with Gasteiger partial charge < -0.3 is 9.64 Å². The molecule has 1 unspecified atom stereocenters. The first-order chi connectivity index (χ1) is 12.1. The Kier molecular flexibility index (Phi) is 6.12. The van der Waals surface area contributed by atoms with Crippen LogP contribution in [0.3, 0.4) is 0 Å². The number of ether oxygens (including phenoxy) is 1. The maximum absolute atomic E-state index is 13.0. The normalized spacial score (nSPS) is 22.1. The third-order valence-corrected chi connectivity index (χ3v) is 5.11. The van der Waals surface area contributed by atoms with E-state index in [2.05, 4.69) is 23.8 Å². The zero-order valence-electron chi connectivity index (χ0n) is 15.9. The molecule has 0 spiro atoms.